The summed E-state index contributed by atoms with van der Waals surface area (Å²) in [6.07, 6.45) is 2.45. The van der Waals surface area contributed by atoms with Gasteiger partial charge in [0.1, 0.15) is 5.15 Å². The van der Waals surface area contributed by atoms with Crippen LogP contribution < -0.4 is 0 Å². The molecule has 1 fully saturated rings. The molecule has 1 aromatic heterocycles. The van der Waals surface area contributed by atoms with Crippen molar-refractivity contribution in [2.75, 3.05) is 0 Å². The number of rotatable bonds is 2. The van der Waals surface area contributed by atoms with Crippen molar-refractivity contribution in [3.63, 3.8) is 0 Å². The molecule has 17 heavy (non-hydrogen) atoms. The zero-order chi connectivity index (χ0) is 11.8. The third kappa shape index (κ3) is 2.32. The standard InChI is InChI=1S/C14H13ClN2/c1-9-3-2-4-11(7-9)14-16-12(10-5-6-10)8-13(15)17-14/h2-4,7-8,10H,5-6H2,1H3. The topological polar surface area (TPSA) is 25.8 Å². The largest absolute Gasteiger partial charge is 0.233 e. The first-order valence-corrected chi connectivity index (χ1v) is 6.22. The summed E-state index contributed by atoms with van der Waals surface area (Å²) in [5.74, 6) is 1.34. The minimum atomic E-state index is 0.540. The van der Waals surface area contributed by atoms with Gasteiger partial charge in [0.25, 0.3) is 0 Å². The van der Waals surface area contributed by atoms with Crippen LogP contribution >= 0.6 is 11.6 Å². The van der Waals surface area contributed by atoms with Crippen LogP contribution in [0.4, 0.5) is 0 Å². The SMILES string of the molecule is Cc1cccc(-c2nc(Cl)cc(C3CC3)n2)c1. The first-order valence-electron chi connectivity index (χ1n) is 5.84. The van der Waals surface area contributed by atoms with Crippen LogP contribution in [0.1, 0.15) is 30.0 Å². The summed E-state index contributed by atoms with van der Waals surface area (Å²) < 4.78 is 0. The van der Waals surface area contributed by atoms with E-state index in [1.54, 1.807) is 0 Å². The van der Waals surface area contributed by atoms with E-state index in [-0.39, 0.29) is 0 Å². The molecule has 86 valence electrons. The van der Waals surface area contributed by atoms with E-state index in [9.17, 15) is 0 Å². The first-order chi connectivity index (χ1) is 8.22. The van der Waals surface area contributed by atoms with Crippen molar-refractivity contribution >= 4 is 11.6 Å². The van der Waals surface area contributed by atoms with E-state index in [2.05, 4.69) is 29.0 Å². The summed E-state index contributed by atoms with van der Waals surface area (Å²) in [6, 6.07) is 10.1. The molecule has 0 radical (unpaired) electrons. The third-order valence-corrected chi connectivity index (χ3v) is 3.18. The molecule has 0 spiro atoms. The number of nitrogens with zero attached hydrogens (tertiary/aromatic N) is 2. The van der Waals surface area contributed by atoms with Crippen molar-refractivity contribution in [3.8, 4) is 11.4 Å². The first kappa shape index (κ1) is 10.7. The summed E-state index contributed by atoms with van der Waals surface area (Å²) >= 11 is 6.06. The molecule has 1 saturated carbocycles. The zero-order valence-electron chi connectivity index (χ0n) is 9.65. The molecular formula is C14H13ClN2. The van der Waals surface area contributed by atoms with Gasteiger partial charge >= 0.3 is 0 Å². The van der Waals surface area contributed by atoms with Crippen molar-refractivity contribution < 1.29 is 0 Å². The number of hydrogen-bond donors (Lipinski definition) is 0. The van der Waals surface area contributed by atoms with Crippen LogP contribution in [0, 0.1) is 6.92 Å². The highest BCUT2D eigenvalue weighted by Gasteiger charge is 2.26. The molecule has 1 aromatic carbocycles. The lowest BCUT2D eigenvalue weighted by Gasteiger charge is -2.05. The van der Waals surface area contributed by atoms with Crippen molar-refractivity contribution in [1.82, 2.24) is 9.97 Å². The number of hydrogen-bond acceptors (Lipinski definition) is 2. The van der Waals surface area contributed by atoms with Gasteiger partial charge in [0, 0.05) is 17.2 Å². The maximum absolute atomic E-state index is 6.06. The van der Waals surface area contributed by atoms with E-state index in [4.69, 9.17) is 11.6 Å². The molecule has 0 amide bonds. The van der Waals surface area contributed by atoms with Crippen molar-refractivity contribution in [2.45, 2.75) is 25.7 Å². The van der Waals surface area contributed by atoms with Gasteiger partial charge in [-0.15, -0.1) is 0 Å². The van der Waals surface area contributed by atoms with E-state index >= 15 is 0 Å². The van der Waals surface area contributed by atoms with Crippen molar-refractivity contribution in [2.24, 2.45) is 0 Å². The Labute approximate surface area is 106 Å². The van der Waals surface area contributed by atoms with Gasteiger partial charge in [-0.1, -0.05) is 35.4 Å². The monoisotopic (exact) mass is 244 g/mol. The smallest absolute Gasteiger partial charge is 0.161 e. The van der Waals surface area contributed by atoms with Crippen molar-refractivity contribution in [3.05, 3.63) is 46.7 Å². The third-order valence-electron chi connectivity index (χ3n) is 2.99. The lowest BCUT2D eigenvalue weighted by atomic mass is 10.1. The summed E-state index contributed by atoms with van der Waals surface area (Å²) in [4.78, 5) is 8.92. The van der Waals surface area contributed by atoms with E-state index < -0.39 is 0 Å². The average molecular weight is 245 g/mol. The Morgan fingerprint density at radius 1 is 1.18 bits per heavy atom. The zero-order valence-corrected chi connectivity index (χ0v) is 10.4. The van der Waals surface area contributed by atoms with Crippen LogP contribution in [0.25, 0.3) is 11.4 Å². The maximum Gasteiger partial charge on any atom is 0.161 e. The molecule has 3 rings (SSSR count). The summed E-state index contributed by atoms with van der Waals surface area (Å²) in [5.41, 5.74) is 3.33. The fourth-order valence-corrected chi connectivity index (χ4v) is 2.13. The molecule has 0 saturated heterocycles. The molecule has 1 aliphatic carbocycles. The molecule has 0 unspecified atom stereocenters. The Bertz CT molecular complexity index is 562. The second kappa shape index (κ2) is 4.11. The molecule has 0 bridgehead atoms. The van der Waals surface area contributed by atoms with Gasteiger partial charge in [-0.05, 0) is 31.9 Å². The van der Waals surface area contributed by atoms with E-state index in [1.165, 1.54) is 18.4 Å². The van der Waals surface area contributed by atoms with Gasteiger partial charge in [0.15, 0.2) is 5.82 Å². The summed E-state index contributed by atoms with van der Waals surface area (Å²) in [5, 5.41) is 0.540. The molecule has 2 nitrogen and oxygen atoms in total. The molecular weight excluding hydrogens is 232 g/mol. The Balaban J connectivity index is 2.07. The van der Waals surface area contributed by atoms with Crippen LogP contribution in [0.5, 0.6) is 0 Å². The van der Waals surface area contributed by atoms with Crippen LogP contribution in [-0.4, -0.2) is 9.97 Å². The lowest BCUT2D eigenvalue weighted by Crippen LogP contribution is -1.95. The van der Waals surface area contributed by atoms with Gasteiger partial charge < -0.3 is 0 Å². The molecule has 0 atom stereocenters. The molecule has 2 aromatic rings. The molecule has 1 aliphatic rings. The fourth-order valence-electron chi connectivity index (χ4n) is 1.94. The number of halogens is 1. The number of aryl methyl sites for hydroxylation is 1. The normalized spacial score (nSPS) is 14.9. The quantitative estimate of drug-likeness (QED) is 0.747. The minimum absolute atomic E-state index is 0.540. The minimum Gasteiger partial charge on any atom is -0.233 e. The second-order valence-corrected chi connectivity index (χ2v) is 4.97. The van der Waals surface area contributed by atoms with E-state index in [0.29, 0.717) is 11.1 Å². The Kier molecular flexibility index (Phi) is 2.60. The van der Waals surface area contributed by atoms with E-state index in [1.807, 2.05) is 18.2 Å². The second-order valence-electron chi connectivity index (χ2n) is 4.58. The fraction of sp³-hybridized carbons (Fsp3) is 0.286. The molecule has 3 heteroatoms. The van der Waals surface area contributed by atoms with Gasteiger partial charge in [0.05, 0.1) is 0 Å². The molecule has 0 aliphatic heterocycles. The number of aromatic nitrogens is 2. The Morgan fingerprint density at radius 3 is 2.71 bits per heavy atom. The Morgan fingerprint density at radius 2 is 2.00 bits per heavy atom. The summed E-state index contributed by atoms with van der Waals surface area (Å²) in [7, 11) is 0. The van der Waals surface area contributed by atoms with Crippen molar-refractivity contribution in [1.29, 1.82) is 0 Å². The van der Waals surface area contributed by atoms with Crippen LogP contribution in [0.15, 0.2) is 30.3 Å². The molecule has 0 N–H and O–H groups in total. The predicted molar refractivity (Wildman–Crippen MR) is 69.2 cm³/mol. The summed E-state index contributed by atoms with van der Waals surface area (Å²) in [6.45, 7) is 2.07. The van der Waals surface area contributed by atoms with Crippen LogP contribution in [-0.2, 0) is 0 Å². The number of benzene rings is 1. The highest BCUT2D eigenvalue weighted by molar-refractivity contribution is 6.29. The Hall–Kier alpha value is -1.41. The lowest BCUT2D eigenvalue weighted by molar-refractivity contribution is 0.994. The van der Waals surface area contributed by atoms with Gasteiger partial charge in [-0.3, -0.25) is 0 Å². The van der Waals surface area contributed by atoms with Crippen LogP contribution in [0.2, 0.25) is 5.15 Å². The van der Waals surface area contributed by atoms with Gasteiger partial charge in [-0.2, -0.15) is 0 Å². The average Bonchev–Trinajstić information content (AvgIpc) is 3.12. The van der Waals surface area contributed by atoms with Gasteiger partial charge in [0.2, 0.25) is 0 Å². The maximum atomic E-state index is 6.06. The predicted octanol–water partition coefficient (Wildman–Crippen LogP) is 3.98. The highest BCUT2D eigenvalue weighted by Crippen LogP contribution is 2.40. The highest BCUT2D eigenvalue weighted by atomic mass is 35.5. The van der Waals surface area contributed by atoms with Crippen LogP contribution in [0.3, 0.4) is 0 Å². The molecule has 1 heterocycles. The van der Waals surface area contributed by atoms with Gasteiger partial charge in [-0.25, -0.2) is 9.97 Å². The van der Waals surface area contributed by atoms with E-state index in [0.717, 1.165) is 17.1 Å².